The monoisotopic (exact) mass is 429 g/mol. The van der Waals surface area contributed by atoms with Crippen LogP contribution in [-0.4, -0.2) is 31.9 Å². The average molecular weight is 430 g/mol. The van der Waals surface area contributed by atoms with Gasteiger partial charge in [-0.1, -0.05) is 36.4 Å². The van der Waals surface area contributed by atoms with Crippen molar-refractivity contribution in [1.82, 2.24) is 0 Å². The summed E-state index contributed by atoms with van der Waals surface area (Å²) < 4.78 is 16.0. The van der Waals surface area contributed by atoms with Crippen molar-refractivity contribution in [3.8, 4) is 5.75 Å². The van der Waals surface area contributed by atoms with E-state index >= 15 is 0 Å². The topological polar surface area (TPSA) is 51.3 Å². The summed E-state index contributed by atoms with van der Waals surface area (Å²) in [5.74, 6) is 0.00631. The van der Waals surface area contributed by atoms with Gasteiger partial charge in [0.25, 0.3) is 0 Å². The maximum absolute atomic E-state index is 11.5. The van der Waals surface area contributed by atoms with Crippen LogP contribution in [0.2, 0.25) is 0 Å². The fourth-order valence-corrected chi connectivity index (χ4v) is 3.34. The van der Waals surface area contributed by atoms with Gasteiger partial charge in [-0.15, -0.1) is 0 Å². The molecule has 0 bridgehead atoms. The minimum Gasteiger partial charge on any atom is -0.423 e. The van der Waals surface area contributed by atoms with Crippen LogP contribution in [0, 0.1) is 6.92 Å². The minimum atomic E-state index is -0.475. The molecule has 0 N–H and O–H groups in total. The second kappa shape index (κ2) is 10.3. The molecule has 3 aromatic carbocycles. The van der Waals surface area contributed by atoms with E-state index in [-0.39, 0.29) is 0 Å². The van der Waals surface area contributed by atoms with Gasteiger partial charge in [0.15, 0.2) is 0 Å². The predicted molar refractivity (Wildman–Crippen MR) is 126 cm³/mol. The lowest BCUT2D eigenvalue weighted by molar-refractivity contribution is -0.128. The van der Waals surface area contributed by atoms with E-state index in [0.29, 0.717) is 25.1 Å². The van der Waals surface area contributed by atoms with E-state index in [1.807, 2.05) is 12.1 Å². The molecule has 32 heavy (non-hydrogen) atoms. The number of esters is 1. The molecule has 1 atom stereocenters. The van der Waals surface area contributed by atoms with Crippen LogP contribution >= 0.6 is 0 Å². The minimum absolute atomic E-state index is 0.298. The van der Waals surface area contributed by atoms with Crippen molar-refractivity contribution in [3.05, 3.63) is 96.6 Å². The zero-order chi connectivity index (χ0) is 22.3. The molecule has 1 fully saturated rings. The maximum atomic E-state index is 11.5. The first-order valence-corrected chi connectivity index (χ1v) is 10.7. The molecule has 0 spiro atoms. The summed E-state index contributed by atoms with van der Waals surface area (Å²) in [6.45, 7) is 7.69. The normalized spacial score (nSPS) is 14.6. The fourth-order valence-electron chi connectivity index (χ4n) is 3.34. The number of nitrogens with zero attached hydrogens (tertiary/aromatic N) is 1. The van der Waals surface area contributed by atoms with E-state index in [1.54, 1.807) is 12.1 Å². The van der Waals surface area contributed by atoms with Gasteiger partial charge in [0, 0.05) is 23.1 Å². The Hall–Kier alpha value is -3.41. The first kappa shape index (κ1) is 21.8. The molecule has 0 aliphatic carbocycles. The Bertz CT molecular complexity index is 1040. The molecule has 1 heterocycles. The van der Waals surface area contributed by atoms with E-state index in [9.17, 15) is 4.79 Å². The lowest BCUT2D eigenvalue weighted by Gasteiger charge is -2.26. The van der Waals surface area contributed by atoms with Crippen LogP contribution in [0.1, 0.15) is 11.1 Å². The third-order valence-corrected chi connectivity index (χ3v) is 5.21. The maximum Gasteiger partial charge on any atom is 0.335 e. The Labute approximate surface area is 188 Å². The Morgan fingerprint density at radius 1 is 1.00 bits per heavy atom. The molecule has 0 radical (unpaired) electrons. The molecule has 3 aromatic rings. The summed E-state index contributed by atoms with van der Waals surface area (Å²) in [7, 11) is 0. The number of rotatable bonds is 10. The van der Waals surface area contributed by atoms with E-state index in [0.717, 1.165) is 36.2 Å². The SMILES string of the molecule is C=CC(=O)Oc1ccc(N(c2ccc(C)cc2)c2ccc(CCOCC3CO3)cc2)cc1. The number of anilines is 3. The molecule has 1 aliphatic heterocycles. The number of benzene rings is 3. The summed E-state index contributed by atoms with van der Waals surface area (Å²) in [5, 5.41) is 0. The van der Waals surface area contributed by atoms with E-state index in [1.165, 1.54) is 11.1 Å². The zero-order valence-corrected chi connectivity index (χ0v) is 18.2. The van der Waals surface area contributed by atoms with E-state index < -0.39 is 5.97 Å². The quantitative estimate of drug-likeness (QED) is 0.140. The number of carbonyl (C=O) groups is 1. The first-order chi connectivity index (χ1) is 15.6. The van der Waals surface area contributed by atoms with Crippen molar-refractivity contribution in [2.45, 2.75) is 19.4 Å². The third kappa shape index (κ3) is 5.84. The summed E-state index contributed by atoms with van der Waals surface area (Å²) in [4.78, 5) is 13.6. The molecule has 1 unspecified atom stereocenters. The molecule has 1 saturated heterocycles. The van der Waals surface area contributed by atoms with Gasteiger partial charge >= 0.3 is 5.97 Å². The Morgan fingerprint density at radius 3 is 2.12 bits per heavy atom. The Kier molecular flexibility index (Phi) is 7.00. The van der Waals surface area contributed by atoms with Crippen LogP contribution in [0.5, 0.6) is 5.75 Å². The smallest absolute Gasteiger partial charge is 0.335 e. The predicted octanol–water partition coefficient (Wildman–Crippen LogP) is 5.51. The van der Waals surface area contributed by atoms with Crippen molar-refractivity contribution in [2.75, 3.05) is 24.7 Å². The summed E-state index contributed by atoms with van der Waals surface area (Å²) in [6.07, 6.45) is 2.31. The summed E-state index contributed by atoms with van der Waals surface area (Å²) in [6, 6.07) is 24.3. The summed E-state index contributed by atoms with van der Waals surface area (Å²) >= 11 is 0. The molecule has 164 valence electrons. The van der Waals surface area contributed by atoms with Crippen molar-refractivity contribution < 1.29 is 19.0 Å². The number of hydrogen-bond acceptors (Lipinski definition) is 5. The second-order valence-corrected chi connectivity index (χ2v) is 7.74. The Morgan fingerprint density at radius 2 is 1.56 bits per heavy atom. The average Bonchev–Trinajstić information content (AvgIpc) is 3.65. The first-order valence-electron chi connectivity index (χ1n) is 10.7. The third-order valence-electron chi connectivity index (χ3n) is 5.21. The number of hydrogen-bond donors (Lipinski definition) is 0. The number of aryl methyl sites for hydroxylation is 1. The van der Waals surface area contributed by atoms with Crippen LogP contribution < -0.4 is 9.64 Å². The molecular weight excluding hydrogens is 402 g/mol. The standard InChI is InChI=1S/C27H27NO4/c1-3-27(29)32-25-14-12-24(13-15-25)28(22-8-4-20(2)5-9-22)23-10-6-21(7-11-23)16-17-30-18-26-19-31-26/h3-15,26H,1,16-19H2,2H3. The van der Waals surface area contributed by atoms with Crippen LogP contribution in [0.15, 0.2) is 85.5 Å². The summed E-state index contributed by atoms with van der Waals surface area (Å²) in [5.41, 5.74) is 5.48. The fraction of sp³-hybridized carbons (Fsp3) is 0.222. The van der Waals surface area contributed by atoms with E-state index in [4.69, 9.17) is 14.2 Å². The molecular formula is C27H27NO4. The molecule has 5 nitrogen and oxygen atoms in total. The van der Waals surface area contributed by atoms with Gasteiger partial charge in [0.05, 0.1) is 19.8 Å². The van der Waals surface area contributed by atoms with Gasteiger partial charge in [-0.25, -0.2) is 4.79 Å². The molecule has 1 aliphatic rings. The molecule has 0 saturated carbocycles. The van der Waals surface area contributed by atoms with Crippen molar-refractivity contribution in [1.29, 1.82) is 0 Å². The molecule has 4 rings (SSSR count). The van der Waals surface area contributed by atoms with Gasteiger partial charge in [0.2, 0.25) is 0 Å². The number of epoxide rings is 1. The lowest BCUT2D eigenvalue weighted by Crippen LogP contribution is -2.10. The van der Waals surface area contributed by atoms with Crippen LogP contribution in [0.3, 0.4) is 0 Å². The molecule has 0 amide bonds. The molecule has 0 aromatic heterocycles. The van der Waals surface area contributed by atoms with Crippen LogP contribution in [0.4, 0.5) is 17.1 Å². The largest absolute Gasteiger partial charge is 0.423 e. The highest BCUT2D eigenvalue weighted by atomic mass is 16.6. The van der Waals surface area contributed by atoms with Gasteiger partial charge in [-0.2, -0.15) is 0 Å². The lowest BCUT2D eigenvalue weighted by atomic mass is 10.1. The zero-order valence-electron chi connectivity index (χ0n) is 18.2. The van der Waals surface area contributed by atoms with Gasteiger partial charge in [-0.3, -0.25) is 0 Å². The Balaban J connectivity index is 1.53. The highest BCUT2D eigenvalue weighted by molar-refractivity contribution is 5.83. The highest BCUT2D eigenvalue weighted by Crippen LogP contribution is 2.35. The van der Waals surface area contributed by atoms with E-state index in [2.05, 4.69) is 66.9 Å². The van der Waals surface area contributed by atoms with Crippen LogP contribution in [0.25, 0.3) is 0 Å². The van der Waals surface area contributed by atoms with Gasteiger partial charge < -0.3 is 19.1 Å². The van der Waals surface area contributed by atoms with Crippen molar-refractivity contribution >= 4 is 23.0 Å². The molecule has 5 heteroatoms. The van der Waals surface area contributed by atoms with Crippen molar-refractivity contribution in [2.24, 2.45) is 0 Å². The highest BCUT2D eigenvalue weighted by Gasteiger charge is 2.22. The van der Waals surface area contributed by atoms with Gasteiger partial charge in [-0.05, 0) is 67.4 Å². The van der Waals surface area contributed by atoms with Crippen molar-refractivity contribution in [3.63, 3.8) is 0 Å². The van der Waals surface area contributed by atoms with Gasteiger partial charge in [0.1, 0.15) is 11.9 Å². The second-order valence-electron chi connectivity index (χ2n) is 7.74. The number of ether oxygens (including phenoxy) is 3. The number of carbonyl (C=O) groups excluding carboxylic acids is 1. The van der Waals surface area contributed by atoms with Crippen LogP contribution in [-0.2, 0) is 20.7 Å².